The number of halogens is 1. The number of nitrogens with one attached hydrogen (secondary N) is 2. The number of ether oxygens (including phenoxy) is 1. The average Bonchev–Trinajstić information content (AvgIpc) is 3.13. The Labute approximate surface area is 147 Å². The highest BCUT2D eigenvalue weighted by Gasteiger charge is 2.19. The van der Waals surface area contributed by atoms with Crippen molar-refractivity contribution < 1.29 is 9.13 Å². The van der Waals surface area contributed by atoms with Crippen molar-refractivity contribution in [1.29, 1.82) is 0 Å². The summed E-state index contributed by atoms with van der Waals surface area (Å²) in [4.78, 5) is 5.62. The molecule has 0 saturated heterocycles. The molecule has 25 heavy (non-hydrogen) atoms. The Morgan fingerprint density at radius 3 is 2.72 bits per heavy atom. The van der Waals surface area contributed by atoms with Crippen LogP contribution in [0.1, 0.15) is 16.8 Å². The Morgan fingerprint density at radius 2 is 2.00 bits per heavy atom. The van der Waals surface area contributed by atoms with Crippen molar-refractivity contribution in [3.05, 3.63) is 46.9 Å². The van der Waals surface area contributed by atoms with E-state index in [1.54, 1.807) is 30.6 Å². The second kappa shape index (κ2) is 6.00. The molecule has 0 aliphatic heterocycles. The van der Waals surface area contributed by atoms with Crippen LogP contribution in [0, 0.1) is 19.7 Å². The summed E-state index contributed by atoms with van der Waals surface area (Å²) in [6.07, 6.45) is 0. The third-order valence-corrected chi connectivity index (χ3v) is 5.37. The Kier molecular flexibility index (Phi) is 3.80. The van der Waals surface area contributed by atoms with E-state index in [4.69, 9.17) is 4.74 Å². The number of nitrogens with zero attached hydrogens (tertiary/aromatic N) is 2. The lowest BCUT2D eigenvalue weighted by molar-refractivity contribution is 0.407. The van der Waals surface area contributed by atoms with Gasteiger partial charge in [0.2, 0.25) is 0 Å². The summed E-state index contributed by atoms with van der Waals surface area (Å²) in [7, 11) is 1.66. The van der Waals surface area contributed by atoms with Crippen molar-refractivity contribution >= 4 is 37.6 Å². The summed E-state index contributed by atoms with van der Waals surface area (Å²) in [5.74, 6) is 1.35. The van der Waals surface area contributed by atoms with Gasteiger partial charge >= 0.3 is 0 Å². The molecule has 0 aliphatic carbocycles. The maximum Gasteiger partial charge on any atom is 0.166 e. The maximum absolute atomic E-state index is 13.0. The second-order valence-electron chi connectivity index (χ2n) is 5.89. The number of aromatic nitrogens is 3. The van der Waals surface area contributed by atoms with Crippen LogP contribution >= 0.6 is 11.3 Å². The topological polar surface area (TPSA) is 62.8 Å². The number of fused-ring (bicyclic) bond motifs is 3. The first-order valence-corrected chi connectivity index (χ1v) is 8.70. The standard InChI is InChI=1S/C18H17FN4OS/c1-9-13-14-16(25-18(13)21-10(2)15(9)24-3)17(23-22-14)20-8-11-4-6-12(19)7-5-11/h4-7H,8H2,1-3H3,(H2,20,22,23). The number of H-pyrrole nitrogens is 1. The number of rotatable bonds is 4. The predicted molar refractivity (Wildman–Crippen MR) is 99.0 cm³/mol. The molecule has 4 aromatic rings. The summed E-state index contributed by atoms with van der Waals surface area (Å²) in [6, 6.07) is 6.44. The molecular formula is C18H17FN4OS. The molecule has 0 spiro atoms. The van der Waals surface area contributed by atoms with Crippen molar-refractivity contribution in [2.24, 2.45) is 0 Å². The van der Waals surface area contributed by atoms with Crippen molar-refractivity contribution in [1.82, 2.24) is 15.2 Å². The predicted octanol–water partition coefficient (Wildman–Crippen LogP) is 4.55. The largest absolute Gasteiger partial charge is 0.495 e. The number of hydrogen-bond acceptors (Lipinski definition) is 5. The first kappa shape index (κ1) is 15.8. The van der Waals surface area contributed by atoms with E-state index in [0.29, 0.717) is 6.54 Å². The molecule has 0 unspecified atom stereocenters. The fourth-order valence-electron chi connectivity index (χ4n) is 3.08. The molecule has 3 aromatic heterocycles. The Morgan fingerprint density at radius 1 is 1.24 bits per heavy atom. The molecule has 7 heteroatoms. The van der Waals surface area contributed by atoms with Crippen molar-refractivity contribution in [2.45, 2.75) is 20.4 Å². The van der Waals surface area contributed by atoms with Crippen molar-refractivity contribution in [2.75, 3.05) is 12.4 Å². The van der Waals surface area contributed by atoms with Crippen LogP contribution in [0.4, 0.5) is 10.2 Å². The number of anilines is 1. The lowest BCUT2D eigenvalue weighted by Crippen LogP contribution is -1.99. The highest BCUT2D eigenvalue weighted by molar-refractivity contribution is 7.26. The monoisotopic (exact) mass is 356 g/mol. The van der Waals surface area contributed by atoms with E-state index in [1.807, 2.05) is 13.8 Å². The van der Waals surface area contributed by atoms with E-state index >= 15 is 0 Å². The molecule has 0 amide bonds. The van der Waals surface area contributed by atoms with Gasteiger partial charge in [0.15, 0.2) is 5.82 Å². The van der Waals surface area contributed by atoms with Gasteiger partial charge in [-0.05, 0) is 31.5 Å². The average molecular weight is 356 g/mol. The van der Waals surface area contributed by atoms with Gasteiger partial charge in [-0.1, -0.05) is 12.1 Å². The van der Waals surface area contributed by atoms with Gasteiger partial charge in [-0.25, -0.2) is 9.37 Å². The van der Waals surface area contributed by atoms with Gasteiger partial charge in [-0.3, -0.25) is 5.10 Å². The Bertz CT molecular complexity index is 1070. The number of aromatic amines is 1. The van der Waals surface area contributed by atoms with Crippen LogP contribution in [-0.4, -0.2) is 22.3 Å². The maximum atomic E-state index is 13.0. The lowest BCUT2D eigenvalue weighted by atomic mass is 10.1. The summed E-state index contributed by atoms with van der Waals surface area (Å²) in [5.41, 5.74) is 3.89. The minimum atomic E-state index is -0.235. The molecule has 2 N–H and O–H groups in total. The van der Waals surface area contributed by atoms with Gasteiger partial charge in [-0.15, -0.1) is 11.3 Å². The van der Waals surface area contributed by atoms with Crippen LogP contribution in [0.15, 0.2) is 24.3 Å². The minimum absolute atomic E-state index is 0.235. The molecule has 0 radical (unpaired) electrons. The van der Waals surface area contributed by atoms with E-state index in [0.717, 1.165) is 48.8 Å². The fraction of sp³-hybridized carbons (Fsp3) is 0.222. The number of methoxy groups -OCH3 is 1. The van der Waals surface area contributed by atoms with E-state index < -0.39 is 0 Å². The first-order valence-electron chi connectivity index (χ1n) is 7.88. The molecule has 1 aromatic carbocycles. The van der Waals surface area contributed by atoms with Crippen LogP contribution in [0.25, 0.3) is 20.4 Å². The fourth-order valence-corrected chi connectivity index (χ4v) is 4.28. The Balaban J connectivity index is 1.74. The van der Waals surface area contributed by atoms with E-state index in [-0.39, 0.29) is 5.82 Å². The summed E-state index contributed by atoms with van der Waals surface area (Å²) in [5, 5.41) is 11.9. The number of thiophene rings is 1. The highest BCUT2D eigenvalue weighted by atomic mass is 32.1. The smallest absolute Gasteiger partial charge is 0.166 e. The number of pyridine rings is 1. The van der Waals surface area contributed by atoms with Gasteiger partial charge < -0.3 is 10.1 Å². The van der Waals surface area contributed by atoms with Gasteiger partial charge in [0.25, 0.3) is 0 Å². The molecule has 4 rings (SSSR count). The molecule has 3 heterocycles. The molecular weight excluding hydrogens is 339 g/mol. The Hall–Kier alpha value is -2.67. The van der Waals surface area contributed by atoms with Crippen LogP contribution in [0.2, 0.25) is 0 Å². The van der Waals surface area contributed by atoms with Gasteiger partial charge in [0, 0.05) is 17.5 Å². The van der Waals surface area contributed by atoms with Gasteiger partial charge in [0.05, 0.1) is 23.0 Å². The molecule has 0 atom stereocenters. The molecule has 5 nitrogen and oxygen atoms in total. The quantitative estimate of drug-likeness (QED) is 0.563. The number of benzene rings is 1. The summed E-state index contributed by atoms with van der Waals surface area (Å²) < 4.78 is 19.5. The van der Waals surface area contributed by atoms with Crippen molar-refractivity contribution in [3.8, 4) is 5.75 Å². The van der Waals surface area contributed by atoms with Gasteiger partial charge in [-0.2, -0.15) is 5.10 Å². The van der Waals surface area contributed by atoms with Crippen LogP contribution in [0.3, 0.4) is 0 Å². The van der Waals surface area contributed by atoms with Crippen LogP contribution in [-0.2, 0) is 6.54 Å². The zero-order valence-electron chi connectivity index (χ0n) is 14.1. The molecule has 0 saturated carbocycles. The van der Waals surface area contributed by atoms with E-state index in [2.05, 4.69) is 20.5 Å². The third-order valence-electron chi connectivity index (χ3n) is 4.28. The van der Waals surface area contributed by atoms with E-state index in [1.165, 1.54) is 12.1 Å². The molecule has 0 aliphatic rings. The number of hydrogen-bond donors (Lipinski definition) is 2. The highest BCUT2D eigenvalue weighted by Crippen LogP contribution is 2.40. The van der Waals surface area contributed by atoms with E-state index in [9.17, 15) is 4.39 Å². The normalized spacial score (nSPS) is 11.4. The molecule has 0 bridgehead atoms. The van der Waals surface area contributed by atoms with Crippen LogP contribution in [0.5, 0.6) is 5.75 Å². The number of aryl methyl sites for hydroxylation is 2. The van der Waals surface area contributed by atoms with Crippen LogP contribution < -0.4 is 10.1 Å². The molecule has 0 fully saturated rings. The lowest BCUT2D eigenvalue weighted by Gasteiger charge is -2.08. The zero-order chi connectivity index (χ0) is 17.6. The minimum Gasteiger partial charge on any atom is -0.495 e. The van der Waals surface area contributed by atoms with Crippen molar-refractivity contribution in [3.63, 3.8) is 0 Å². The van der Waals surface area contributed by atoms with Gasteiger partial charge in [0.1, 0.15) is 16.4 Å². The SMILES string of the molecule is COc1c(C)nc2sc3c(NCc4ccc(F)cc4)n[nH]c3c2c1C. The molecule has 128 valence electrons. The summed E-state index contributed by atoms with van der Waals surface area (Å²) in [6.45, 7) is 4.56. The second-order valence-corrected chi connectivity index (χ2v) is 6.89. The first-order chi connectivity index (χ1) is 12.1. The zero-order valence-corrected chi connectivity index (χ0v) is 14.9. The summed E-state index contributed by atoms with van der Waals surface area (Å²) >= 11 is 1.60. The third kappa shape index (κ3) is 2.60.